The van der Waals surface area contributed by atoms with Gasteiger partial charge in [-0.15, -0.1) is 0 Å². The minimum atomic E-state index is 0.0994. The first-order valence-electron chi connectivity index (χ1n) is 13.0. The maximum absolute atomic E-state index is 13.6. The molecule has 5 aliphatic rings. The van der Waals surface area contributed by atoms with Gasteiger partial charge in [0.2, 0.25) is 5.91 Å². The number of carbonyl (C=O) groups excluding carboxylic acids is 1. The van der Waals surface area contributed by atoms with Crippen LogP contribution >= 0.6 is 0 Å². The molecule has 3 fully saturated rings. The van der Waals surface area contributed by atoms with E-state index in [1.807, 2.05) is 0 Å². The predicted molar refractivity (Wildman–Crippen MR) is 122 cm³/mol. The molecule has 1 spiro atoms. The van der Waals surface area contributed by atoms with Gasteiger partial charge in [-0.2, -0.15) is 0 Å². The lowest BCUT2D eigenvalue weighted by atomic mass is 9.73. The second-order valence-electron chi connectivity index (χ2n) is 10.9. The first-order chi connectivity index (χ1) is 15.7. The standard InChI is InChI=1S/C27H37NO4/c29-26(20-6-8-22(9-7-20)32-17-19-4-3-5-19)28-16-21-14-24-25(31-13-12-30-24)15-23(21)27(18-28)10-1-2-11-27/h14-15,19-20,22H,1-13,16-18H2. The number of nitrogens with zero attached hydrogens (tertiary/aromatic N) is 1. The lowest BCUT2D eigenvalue weighted by molar-refractivity contribution is -0.140. The zero-order chi connectivity index (χ0) is 21.5. The van der Waals surface area contributed by atoms with Gasteiger partial charge in [0.25, 0.3) is 0 Å². The van der Waals surface area contributed by atoms with Crippen molar-refractivity contribution in [1.82, 2.24) is 4.90 Å². The SMILES string of the molecule is O=C(C1CCC(OCC2CCC2)CC1)N1Cc2cc3c(cc2C2(CCCC2)C1)OCCO3. The van der Waals surface area contributed by atoms with Crippen LogP contribution in [0.5, 0.6) is 11.5 Å². The van der Waals surface area contributed by atoms with Crippen molar-refractivity contribution in [2.75, 3.05) is 26.4 Å². The molecule has 5 heteroatoms. The minimum Gasteiger partial charge on any atom is -0.486 e. The second-order valence-corrected chi connectivity index (χ2v) is 10.9. The highest BCUT2D eigenvalue weighted by molar-refractivity contribution is 5.79. The Morgan fingerprint density at radius 2 is 1.69 bits per heavy atom. The van der Waals surface area contributed by atoms with Gasteiger partial charge in [0, 0.05) is 31.0 Å². The van der Waals surface area contributed by atoms with E-state index >= 15 is 0 Å². The van der Waals surface area contributed by atoms with Crippen LogP contribution in [-0.4, -0.2) is 43.3 Å². The van der Waals surface area contributed by atoms with Gasteiger partial charge in [-0.05, 0) is 80.5 Å². The summed E-state index contributed by atoms with van der Waals surface area (Å²) in [4.78, 5) is 15.8. The molecule has 2 heterocycles. The van der Waals surface area contributed by atoms with Gasteiger partial charge in [0.15, 0.2) is 11.5 Å². The molecule has 174 valence electrons. The van der Waals surface area contributed by atoms with Gasteiger partial charge < -0.3 is 19.1 Å². The Morgan fingerprint density at radius 1 is 0.969 bits per heavy atom. The van der Waals surface area contributed by atoms with Crippen molar-refractivity contribution >= 4 is 5.91 Å². The fourth-order valence-electron chi connectivity index (χ4n) is 6.77. The Hall–Kier alpha value is -1.75. The molecular weight excluding hydrogens is 402 g/mol. The Kier molecular flexibility index (Phi) is 5.57. The molecule has 5 nitrogen and oxygen atoms in total. The molecule has 0 N–H and O–H groups in total. The fourth-order valence-corrected chi connectivity index (χ4v) is 6.77. The Balaban J connectivity index is 1.15. The number of ether oxygens (including phenoxy) is 3. The summed E-state index contributed by atoms with van der Waals surface area (Å²) in [6, 6.07) is 4.40. The third-order valence-electron chi connectivity index (χ3n) is 8.88. The molecule has 0 atom stereocenters. The number of hydrogen-bond donors (Lipinski definition) is 0. The number of fused-ring (bicyclic) bond motifs is 3. The molecule has 2 aliphatic heterocycles. The van der Waals surface area contributed by atoms with E-state index in [0.29, 0.717) is 31.8 Å². The molecule has 0 bridgehead atoms. The molecule has 1 aromatic rings. The summed E-state index contributed by atoms with van der Waals surface area (Å²) in [7, 11) is 0. The van der Waals surface area contributed by atoms with E-state index < -0.39 is 0 Å². The fraction of sp³-hybridized carbons (Fsp3) is 0.741. The molecular formula is C27H37NO4. The second kappa shape index (κ2) is 8.55. The zero-order valence-corrected chi connectivity index (χ0v) is 19.3. The average molecular weight is 440 g/mol. The zero-order valence-electron chi connectivity index (χ0n) is 19.3. The van der Waals surface area contributed by atoms with Crippen molar-refractivity contribution in [3.8, 4) is 11.5 Å². The summed E-state index contributed by atoms with van der Waals surface area (Å²) in [5.41, 5.74) is 2.78. The Bertz CT molecular complexity index is 849. The highest BCUT2D eigenvalue weighted by atomic mass is 16.6. The van der Waals surface area contributed by atoms with Gasteiger partial charge >= 0.3 is 0 Å². The Morgan fingerprint density at radius 3 is 2.38 bits per heavy atom. The number of rotatable bonds is 4. The normalized spacial score (nSPS) is 28.9. The van der Waals surface area contributed by atoms with Crippen LogP contribution in [0.3, 0.4) is 0 Å². The molecule has 0 radical (unpaired) electrons. The van der Waals surface area contributed by atoms with E-state index in [2.05, 4.69) is 17.0 Å². The highest BCUT2D eigenvalue weighted by Gasteiger charge is 2.45. The van der Waals surface area contributed by atoms with E-state index in [1.54, 1.807) is 0 Å². The average Bonchev–Trinajstić information content (AvgIpc) is 3.26. The van der Waals surface area contributed by atoms with Crippen LogP contribution in [0.15, 0.2) is 12.1 Å². The lowest BCUT2D eigenvalue weighted by Crippen LogP contribution is -2.49. The molecule has 0 saturated heterocycles. The molecule has 6 rings (SSSR count). The monoisotopic (exact) mass is 439 g/mol. The van der Waals surface area contributed by atoms with Gasteiger partial charge in [-0.25, -0.2) is 0 Å². The summed E-state index contributed by atoms with van der Waals surface area (Å²) < 4.78 is 18.0. The lowest BCUT2D eigenvalue weighted by Gasteiger charge is -2.44. The summed E-state index contributed by atoms with van der Waals surface area (Å²) in [6.45, 7) is 3.74. The topological polar surface area (TPSA) is 48.0 Å². The molecule has 3 saturated carbocycles. The van der Waals surface area contributed by atoms with Crippen LogP contribution in [0.1, 0.15) is 81.8 Å². The van der Waals surface area contributed by atoms with Crippen LogP contribution in [0.2, 0.25) is 0 Å². The largest absolute Gasteiger partial charge is 0.486 e. The van der Waals surface area contributed by atoms with Gasteiger partial charge in [0.05, 0.1) is 6.10 Å². The molecule has 32 heavy (non-hydrogen) atoms. The van der Waals surface area contributed by atoms with Gasteiger partial charge in [-0.1, -0.05) is 19.3 Å². The van der Waals surface area contributed by atoms with Crippen molar-refractivity contribution in [2.24, 2.45) is 11.8 Å². The van der Waals surface area contributed by atoms with E-state index in [9.17, 15) is 4.79 Å². The van der Waals surface area contributed by atoms with Crippen molar-refractivity contribution in [3.05, 3.63) is 23.3 Å². The van der Waals surface area contributed by atoms with Crippen LogP contribution in [-0.2, 0) is 21.5 Å². The quantitative estimate of drug-likeness (QED) is 0.663. The molecule has 1 amide bonds. The summed E-state index contributed by atoms with van der Waals surface area (Å²) >= 11 is 0. The molecule has 0 unspecified atom stereocenters. The minimum absolute atomic E-state index is 0.0994. The highest BCUT2D eigenvalue weighted by Crippen LogP contribution is 2.49. The predicted octanol–water partition coefficient (Wildman–Crippen LogP) is 4.99. The first kappa shape index (κ1) is 20.8. The Labute approximate surface area is 191 Å². The summed E-state index contributed by atoms with van der Waals surface area (Å²) in [5.74, 6) is 3.07. The van der Waals surface area contributed by atoms with Crippen LogP contribution < -0.4 is 9.47 Å². The number of carbonyl (C=O) groups is 1. The van der Waals surface area contributed by atoms with Crippen molar-refractivity contribution < 1.29 is 19.0 Å². The first-order valence-corrected chi connectivity index (χ1v) is 13.0. The van der Waals surface area contributed by atoms with Crippen LogP contribution in [0.25, 0.3) is 0 Å². The molecule has 0 aromatic heterocycles. The van der Waals surface area contributed by atoms with E-state index in [1.165, 1.54) is 56.1 Å². The third-order valence-corrected chi connectivity index (χ3v) is 8.88. The van der Waals surface area contributed by atoms with Crippen LogP contribution in [0.4, 0.5) is 0 Å². The number of benzene rings is 1. The van der Waals surface area contributed by atoms with E-state index in [-0.39, 0.29) is 11.3 Å². The smallest absolute Gasteiger partial charge is 0.226 e. The van der Waals surface area contributed by atoms with E-state index in [4.69, 9.17) is 14.2 Å². The van der Waals surface area contributed by atoms with Crippen LogP contribution in [0, 0.1) is 11.8 Å². The number of amides is 1. The third kappa shape index (κ3) is 3.81. The van der Waals surface area contributed by atoms with Crippen molar-refractivity contribution in [3.63, 3.8) is 0 Å². The van der Waals surface area contributed by atoms with Gasteiger partial charge in [0.1, 0.15) is 13.2 Å². The summed E-state index contributed by atoms with van der Waals surface area (Å²) in [6.07, 6.45) is 13.3. The van der Waals surface area contributed by atoms with Crippen molar-refractivity contribution in [2.45, 2.75) is 88.7 Å². The molecule has 3 aliphatic carbocycles. The maximum Gasteiger partial charge on any atom is 0.226 e. The van der Waals surface area contributed by atoms with Gasteiger partial charge in [-0.3, -0.25) is 4.79 Å². The van der Waals surface area contributed by atoms with E-state index in [0.717, 1.165) is 56.3 Å². The number of hydrogen-bond acceptors (Lipinski definition) is 4. The maximum atomic E-state index is 13.6. The summed E-state index contributed by atoms with van der Waals surface area (Å²) in [5, 5.41) is 0. The van der Waals surface area contributed by atoms with Crippen molar-refractivity contribution in [1.29, 1.82) is 0 Å². The molecule has 1 aromatic carbocycles.